The third-order valence-electron chi connectivity index (χ3n) is 3.74. The van der Waals surface area contributed by atoms with Crippen LogP contribution < -0.4 is 11.1 Å². The molecule has 0 aliphatic heterocycles. The molecular weight excluding hydrogens is 337 g/mol. The summed E-state index contributed by atoms with van der Waals surface area (Å²) in [6.07, 6.45) is -1.11. The topological polar surface area (TPSA) is 107 Å². The molecule has 0 saturated heterocycles. The molecule has 0 unspecified atom stereocenters. The van der Waals surface area contributed by atoms with E-state index in [2.05, 4.69) is 30.2 Å². The maximum absolute atomic E-state index is 13.0. The van der Waals surface area contributed by atoms with Crippen LogP contribution in [0.1, 0.15) is 24.4 Å². The molecule has 1 saturated carbocycles. The molecule has 0 amide bonds. The third kappa shape index (κ3) is 2.81. The lowest BCUT2D eigenvalue weighted by Crippen LogP contribution is -2.13. The minimum atomic E-state index is -4.67. The molecule has 8 nitrogen and oxygen atoms in total. The van der Waals surface area contributed by atoms with E-state index in [0.717, 1.165) is 12.8 Å². The van der Waals surface area contributed by atoms with Crippen molar-refractivity contribution in [2.45, 2.75) is 32.0 Å². The molecule has 3 aromatic rings. The van der Waals surface area contributed by atoms with E-state index < -0.39 is 12.0 Å². The number of imidazole rings is 1. The molecule has 1 aliphatic rings. The lowest BCUT2D eigenvalue weighted by atomic mass is 10.3. The summed E-state index contributed by atoms with van der Waals surface area (Å²) < 4.78 is 40.4. The summed E-state index contributed by atoms with van der Waals surface area (Å²) in [5.41, 5.74) is 6.14. The van der Waals surface area contributed by atoms with Gasteiger partial charge in [0.15, 0.2) is 5.65 Å². The average molecular weight is 350 g/mol. The zero-order chi connectivity index (χ0) is 17.8. The smallest absolute Gasteiger partial charge is 0.369 e. The van der Waals surface area contributed by atoms with Gasteiger partial charge in [0.25, 0.3) is 0 Å². The van der Waals surface area contributed by atoms with E-state index >= 15 is 0 Å². The molecule has 11 heteroatoms. The maximum atomic E-state index is 13.0. The number of rotatable bonds is 3. The molecule has 1 aliphatic carbocycles. The third-order valence-corrected chi connectivity index (χ3v) is 3.74. The lowest BCUT2D eigenvalue weighted by Gasteiger charge is -2.09. The highest BCUT2D eigenvalue weighted by molar-refractivity contribution is 5.78. The average Bonchev–Trinajstić information content (AvgIpc) is 3.27. The van der Waals surface area contributed by atoms with Crippen molar-refractivity contribution in [2.24, 2.45) is 0 Å². The number of aryl methyl sites for hydroxylation is 1. The fourth-order valence-electron chi connectivity index (χ4n) is 2.42. The van der Waals surface area contributed by atoms with Crippen molar-refractivity contribution in [2.75, 3.05) is 11.1 Å². The van der Waals surface area contributed by atoms with E-state index in [4.69, 9.17) is 5.73 Å². The van der Waals surface area contributed by atoms with Gasteiger partial charge in [0, 0.05) is 18.3 Å². The molecule has 0 radical (unpaired) electrons. The van der Waals surface area contributed by atoms with Crippen LogP contribution in [0.25, 0.3) is 17.0 Å². The van der Waals surface area contributed by atoms with Gasteiger partial charge < -0.3 is 11.1 Å². The first-order valence-electron chi connectivity index (χ1n) is 7.52. The number of nitrogens with one attached hydrogen (secondary N) is 1. The van der Waals surface area contributed by atoms with E-state index in [-0.39, 0.29) is 28.6 Å². The predicted octanol–water partition coefficient (Wildman–Crippen LogP) is 2.09. The number of anilines is 2. The van der Waals surface area contributed by atoms with Gasteiger partial charge in [-0.15, -0.1) is 0 Å². The molecule has 0 aromatic carbocycles. The van der Waals surface area contributed by atoms with Crippen LogP contribution in [0.15, 0.2) is 12.3 Å². The molecule has 0 atom stereocenters. The van der Waals surface area contributed by atoms with Crippen molar-refractivity contribution >= 4 is 23.1 Å². The molecule has 25 heavy (non-hydrogen) atoms. The van der Waals surface area contributed by atoms with Crippen LogP contribution in [0.2, 0.25) is 0 Å². The Balaban J connectivity index is 1.89. The number of alkyl halides is 3. The Morgan fingerprint density at radius 3 is 2.64 bits per heavy atom. The van der Waals surface area contributed by atoms with Crippen LogP contribution in [-0.4, -0.2) is 35.5 Å². The fourth-order valence-corrected chi connectivity index (χ4v) is 2.42. The zero-order valence-corrected chi connectivity index (χ0v) is 13.0. The van der Waals surface area contributed by atoms with Crippen molar-refractivity contribution in [1.29, 1.82) is 0 Å². The van der Waals surface area contributed by atoms with Gasteiger partial charge in [-0.1, -0.05) is 0 Å². The summed E-state index contributed by atoms with van der Waals surface area (Å²) in [6, 6.07) is 1.86. The quantitative estimate of drug-likeness (QED) is 0.745. The van der Waals surface area contributed by atoms with E-state index in [1.54, 1.807) is 0 Å². The van der Waals surface area contributed by atoms with Crippen LogP contribution in [0.4, 0.5) is 25.1 Å². The van der Waals surface area contributed by atoms with Crippen molar-refractivity contribution in [3.8, 4) is 5.82 Å². The van der Waals surface area contributed by atoms with Crippen LogP contribution >= 0.6 is 0 Å². The number of hydrogen-bond acceptors (Lipinski definition) is 7. The van der Waals surface area contributed by atoms with Gasteiger partial charge in [-0.05, 0) is 19.8 Å². The monoisotopic (exact) mass is 350 g/mol. The zero-order valence-electron chi connectivity index (χ0n) is 13.0. The standard InChI is InChI=1S/C14H13F3N8/c1-6-9-10(24-11(20-6)14(15,16)17)25(12(18)23-9)8-4-5-19-13(22-8)21-7-2-3-7/h4-5,7H,2-3H2,1H3,(H2,18,23)(H,19,21,22). The molecular formula is C14H13F3N8. The summed E-state index contributed by atoms with van der Waals surface area (Å²) in [6.45, 7) is 1.43. The Labute approximate surface area is 139 Å². The molecule has 0 spiro atoms. The molecule has 3 N–H and O–H groups in total. The highest BCUT2D eigenvalue weighted by Crippen LogP contribution is 2.30. The minimum absolute atomic E-state index is 0.0252. The molecule has 3 aromatic heterocycles. The first-order chi connectivity index (χ1) is 11.8. The second-order valence-electron chi connectivity index (χ2n) is 5.77. The maximum Gasteiger partial charge on any atom is 0.451 e. The van der Waals surface area contributed by atoms with Crippen molar-refractivity contribution < 1.29 is 13.2 Å². The number of nitrogen functional groups attached to an aromatic ring is 1. The number of nitrogens with two attached hydrogens (primary N) is 1. The van der Waals surface area contributed by atoms with Gasteiger partial charge in [0.05, 0.1) is 5.69 Å². The Bertz CT molecular complexity index is 961. The lowest BCUT2D eigenvalue weighted by molar-refractivity contribution is -0.144. The van der Waals surface area contributed by atoms with Crippen LogP contribution in [0.5, 0.6) is 0 Å². The largest absolute Gasteiger partial charge is 0.451 e. The second-order valence-corrected chi connectivity index (χ2v) is 5.77. The van der Waals surface area contributed by atoms with Gasteiger partial charge in [-0.2, -0.15) is 18.2 Å². The second kappa shape index (κ2) is 5.26. The van der Waals surface area contributed by atoms with Gasteiger partial charge in [0.1, 0.15) is 11.3 Å². The first kappa shape index (κ1) is 15.5. The summed E-state index contributed by atoms with van der Waals surface area (Å²) in [5, 5.41) is 3.12. The Morgan fingerprint density at radius 2 is 1.96 bits per heavy atom. The van der Waals surface area contributed by atoms with Crippen LogP contribution in [-0.2, 0) is 6.18 Å². The van der Waals surface area contributed by atoms with Crippen LogP contribution in [0, 0.1) is 6.92 Å². The first-order valence-corrected chi connectivity index (χ1v) is 7.52. The van der Waals surface area contributed by atoms with Crippen molar-refractivity contribution in [1.82, 2.24) is 29.5 Å². The molecule has 0 bridgehead atoms. The number of fused-ring (bicyclic) bond motifs is 1. The SMILES string of the molecule is Cc1nc(C(F)(F)F)nc2c1nc(N)n2-c1ccnc(NC2CC2)n1. The number of aromatic nitrogens is 6. The Hall–Kier alpha value is -2.98. The van der Waals surface area contributed by atoms with Gasteiger partial charge in [0.2, 0.25) is 17.7 Å². The van der Waals surface area contributed by atoms with E-state index in [1.807, 2.05) is 0 Å². The van der Waals surface area contributed by atoms with Gasteiger partial charge >= 0.3 is 6.18 Å². The van der Waals surface area contributed by atoms with Gasteiger partial charge in [-0.3, -0.25) is 0 Å². The Morgan fingerprint density at radius 1 is 1.20 bits per heavy atom. The highest BCUT2D eigenvalue weighted by atomic mass is 19.4. The summed E-state index contributed by atoms with van der Waals surface area (Å²) in [7, 11) is 0. The van der Waals surface area contributed by atoms with E-state index in [0.29, 0.717) is 12.0 Å². The van der Waals surface area contributed by atoms with Crippen molar-refractivity contribution in [3.63, 3.8) is 0 Å². The molecule has 3 heterocycles. The Kier molecular flexibility index (Phi) is 3.27. The number of halogens is 3. The van der Waals surface area contributed by atoms with Gasteiger partial charge in [-0.25, -0.2) is 24.5 Å². The summed E-state index contributed by atoms with van der Waals surface area (Å²) >= 11 is 0. The predicted molar refractivity (Wildman–Crippen MR) is 83.0 cm³/mol. The van der Waals surface area contributed by atoms with Crippen molar-refractivity contribution in [3.05, 3.63) is 23.8 Å². The highest BCUT2D eigenvalue weighted by Gasteiger charge is 2.36. The van der Waals surface area contributed by atoms with E-state index in [9.17, 15) is 13.2 Å². The molecule has 130 valence electrons. The minimum Gasteiger partial charge on any atom is -0.369 e. The van der Waals surface area contributed by atoms with E-state index in [1.165, 1.54) is 23.8 Å². The number of hydrogen-bond donors (Lipinski definition) is 2. The summed E-state index contributed by atoms with van der Waals surface area (Å²) in [4.78, 5) is 19.6. The summed E-state index contributed by atoms with van der Waals surface area (Å²) in [5.74, 6) is -0.612. The normalized spacial score (nSPS) is 14.9. The number of nitrogens with zero attached hydrogens (tertiary/aromatic N) is 6. The van der Waals surface area contributed by atoms with Crippen LogP contribution in [0.3, 0.4) is 0 Å². The molecule has 1 fully saturated rings. The fraction of sp³-hybridized carbons (Fsp3) is 0.357. The molecule has 4 rings (SSSR count).